The molecule has 0 fully saturated rings. The highest BCUT2D eigenvalue weighted by atomic mass is 16.7. The van der Waals surface area contributed by atoms with Crippen molar-refractivity contribution in [2.75, 3.05) is 44.8 Å². The maximum atomic E-state index is 13.1. The molecule has 0 saturated heterocycles. The van der Waals surface area contributed by atoms with Gasteiger partial charge in [-0.15, -0.1) is 0 Å². The number of allylic oxidation sites excluding steroid dienone is 1. The predicted molar refractivity (Wildman–Crippen MR) is 151 cm³/mol. The normalized spacial score (nSPS) is 17.1. The van der Waals surface area contributed by atoms with Crippen molar-refractivity contribution in [3.8, 4) is 11.1 Å². The summed E-state index contributed by atoms with van der Waals surface area (Å²) < 4.78 is 17.2. The monoisotopic (exact) mass is 560 g/mol. The summed E-state index contributed by atoms with van der Waals surface area (Å²) in [7, 11) is 0. The van der Waals surface area contributed by atoms with Gasteiger partial charge in [0.25, 0.3) is 11.6 Å². The molecule has 0 saturated carbocycles. The number of hydrogen-bond donors (Lipinski definition) is 3. The van der Waals surface area contributed by atoms with Crippen molar-refractivity contribution in [2.45, 2.75) is 25.0 Å². The molecular weight excluding hydrogens is 528 g/mol. The van der Waals surface area contributed by atoms with E-state index in [2.05, 4.69) is 52.0 Å². The van der Waals surface area contributed by atoms with Crippen molar-refractivity contribution in [1.29, 1.82) is 0 Å². The Balaban J connectivity index is 1.26. The number of nitrogens with zero attached hydrogens (tertiary/aromatic N) is 2. The fourth-order valence-corrected chi connectivity index (χ4v) is 5.12. The Kier molecular flexibility index (Phi) is 9.19. The molecule has 0 bridgehead atoms. The van der Waals surface area contributed by atoms with Crippen LogP contribution in [0.1, 0.15) is 29.0 Å². The van der Waals surface area contributed by atoms with Crippen LogP contribution >= 0.6 is 0 Å². The number of nitrogens with one attached hydrogen (secondary N) is 2. The molecule has 3 N–H and O–H groups in total. The van der Waals surface area contributed by atoms with Gasteiger partial charge in [0, 0.05) is 31.5 Å². The third-order valence-corrected chi connectivity index (χ3v) is 7.01. The molecule has 1 aliphatic carbocycles. The number of rotatable bonds is 13. The van der Waals surface area contributed by atoms with Crippen molar-refractivity contribution in [3.63, 3.8) is 0 Å². The molecule has 2 aliphatic rings. The summed E-state index contributed by atoms with van der Waals surface area (Å²) in [5, 5.41) is 25.6. The van der Waals surface area contributed by atoms with Crippen molar-refractivity contribution in [1.82, 2.24) is 10.3 Å². The first-order valence-electron chi connectivity index (χ1n) is 13.5. The highest BCUT2D eigenvalue weighted by molar-refractivity contribution is 5.91. The quantitative estimate of drug-likeness (QED) is 0.127. The zero-order valence-corrected chi connectivity index (χ0v) is 22.5. The number of aliphatic hydroxyl groups is 1. The fourth-order valence-electron chi connectivity index (χ4n) is 5.12. The minimum atomic E-state index is -0.648. The summed E-state index contributed by atoms with van der Waals surface area (Å²) in [6.07, 6.45) is 3.76. The zero-order chi connectivity index (χ0) is 28.6. The van der Waals surface area contributed by atoms with Gasteiger partial charge in [0.1, 0.15) is 12.0 Å². The lowest BCUT2D eigenvalue weighted by Gasteiger charge is -2.30. The van der Waals surface area contributed by atoms with Gasteiger partial charge < -0.3 is 30.0 Å². The minimum Gasteiger partial charge on any atom is -0.459 e. The fraction of sp³-hybridized carbons (Fsp3) is 0.333. The van der Waals surface area contributed by atoms with Gasteiger partial charge >= 0.3 is 0 Å². The third kappa shape index (κ3) is 6.88. The zero-order valence-electron chi connectivity index (χ0n) is 22.5. The molecule has 0 unspecified atom stereocenters. The third-order valence-electron chi connectivity index (χ3n) is 7.01. The number of nitro groups is 1. The molecule has 11 heteroatoms. The van der Waals surface area contributed by atoms with Gasteiger partial charge in [-0.3, -0.25) is 14.9 Å². The predicted octanol–water partition coefficient (Wildman–Crippen LogP) is 3.53. The van der Waals surface area contributed by atoms with E-state index < -0.39 is 11.2 Å². The van der Waals surface area contributed by atoms with Gasteiger partial charge in [-0.05, 0) is 46.4 Å². The molecular formula is C30H32N4O7. The maximum Gasteiger partial charge on any atom is 0.287 e. The Morgan fingerprint density at radius 2 is 1.93 bits per heavy atom. The number of carbonyl (C=O) groups excluding carboxylic acids is 1. The maximum absolute atomic E-state index is 13.1. The topological polar surface area (TPSA) is 145 Å². The molecule has 3 aromatic rings. The standard InChI is InChI=1S/C30H32N4O7/c35-12-13-39-14-15-40-29-18-21(24-6-3-7-25-23-5-2-1-4-20(23)16-26(24)25)17-27(41-29)30(36)32-11-10-31-28-9-8-22(19-33-28)34(37)38/h1-9,17,19,21,29,35H,10-16,18H2,(H,31,33)(H,32,36)/t21-,29+/m1/s1. The van der Waals surface area contributed by atoms with Gasteiger partial charge in [-0.1, -0.05) is 42.5 Å². The Labute approximate surface area is 237 Å². The molecule has 0 radical (unpaired) electrons. The van der Waals surface area contributed by atoms with E-state index in [1.54, 1.807) is 0 Å². The lowest BCUT2D eigenvalue weighted by atomic mass is 9.87. The molecule has 2 heterocycles. The molecule has 11 nitrogen and oxygen atoms in total. The van der Waals surface area contributed by atoms with Crippen molar-refractivity contribution in [3.05, 3.63) is 99.4 Å². The van der Waals surface area contributed by atoms with E-state index in [0.29, 0.717) is 25.4 Å². The van der Waals surface area contributed by atoms with E-state index in [-0.39, 0.29) is 49.6 Å². The molecule has 214 valence electrons. The summed E-state index contributed by atoms with van der Waals surface area (Å²) in [6, 6.07) is 17.6. The Morgan fingerprint density at radius 3 is 2.73 bits per heavy atom. The molecule has 1 aliphatic heterocycles. The number of anilines is 1. The van der Waals surface area contributed by atoms with Gasteiger partial charge in [-0.25, -0.2) is 4.98 Å². The van der Waals surface area contributed by atoms with Crippen LogP contribution in [0.4, 0.5) is 11.5 Å². The first kappa shape index (κ1) is 28.2. The van der Waals surface area contributed by atoms with Crippen molar-refractivity contribution < 1.29 is 29.0 Å². The van der Waals surface area contributed by atoms with Crippen LogP contribution in [0.25, 0.3) is 11.1 Å². The number of fused-ring (bicyclic) bond motifs is 3. The summed E-state index contributed by atoms with van der Waals surface area (Å²) in [5.41, 5.74) is 6.04. The van der Waals surface area contributed by atoms with Crippen LogP contribution in [0.3, 0.4) is 0 Å². The summed E-state index contributed by atoms with van der Waals surface area (Å²) in [5.74, 6) is 0.187. The number of amides is 1. The van der Waals surface area contributed by atoms with Crippen LogP contribution in [-0.2, 0) is 25.4 Å². The Morgan fingerprint density at radius 1 is 1.07 bits per heavy atom. The SMILES string of the molecule is O=C(NCCNc1ccc([N+](=O)[O-])cn1)C1=C[C@@H](c2cccc3c2Cc2ccccc2-3)C[C@@H](OCCOCCO)O1. The van der Waals surface area contributed by atoms with E-state index in [4.69, 9.17) is 19.3 Å². The van der Waals surface area contributed by atoms with E-state index >= 15 is 0 Å². The number of hydrogen-bond acceptors (Lipinski definition) is 9. The number of benzene rings is 2. The van der Waals surface area contributed by atoms with E-state index in [1.807, 2.05) is 12.1 Å². The second-order valence-electron chi connectivity index (χ2n) is 9.68. The van der Waals surface area contributed by atoms with Crippen molar-refractivity contribution >= 4 is 17.4 Å². The smallest absolute Gasteiger partial charge is 0.287 e. The van der Waals surface area contributed by atoms with Gasteiger partial charge in [0.15, 0.2) is 5.76 Å². The first-order valence-corrected chi connectivity index (χ1v) is 13.5. The molecule has 1 amide bonds. The van der Waals surface area contributed by atoms with Gasteiger partial charge in [-0.2, -0.15) is 0 Å². The van der Waals surface area contributed by atoms with E-state index in [9.17, 15) is 14.9 Å². The second kappa shape index (κ2) is 13.4. The Bertz CT molecular complexity index is 1410. The average molecular weight is 561 g/mol. The average Bonchev–Trinajstić information content (AvgIpc) is 3.38. The molecule has 1 aromatic heterocycles. The highest BCUT2D eigenvalue weighted by Crippen LogP contribution is 2.42. The first-order chi connectivity index (χ1) is 20.0. The van der Waals surface area contributed by atoms with E-state index in [0.717, 1.165) is 12.0 Å². The molecule has 2 aromatic carbocycles. The van der Waals surface area contributed by atoms with Crippen LogP contribution < -0.4 is 10.6 Å². The molecule has 0 spiro atoms. The van der Waals surface area contributed by atoms with Crippen LogP contribution in [-0.4, -0.2) is 66.7 Å². The van der Waals surface area contributed by atoms with Crippen LogP contribution in [0, 0.1) is 10.1 Å². The van der Waals surface area contributed by atoms with Gasteiger partial charge in [0.05, 0.1) is 31.4 Å². The molecule has 2 atom stereocenters. The summed E-state index contributed by atoms with van der Waals surface area (Å²) in [6.45, 7) is 1.36. The minimum absolute atomic E-state index is 0.0638. The second-order valence-corrected chi connectivity index (χ2v) is 9.68. The number of ether oxygens (including phenoxy) is 3. The number of aromatic nitrogens is 1. The number of aliphatic hydroxyl groups excluding tert-OH is 1. The molecule has 41 heavy (non-hydrogen) atoms. The number of pyridine rings is 1. The largest absolute Gasteiger partial charge is 0.459 e. The van der Waals surface area contributed by atoms with E-state index in [1.165, 1.54) is 40.6 Å². The molecule has 5 rings (SSSR count). The van der Waals surface area contributed by atoms with Crippen LogP contribution in [0.5, 0.6) is 0 Å². The number of carbonyl (C=O) groups is 1. The summed E-state index contributed by atoms with van der Waals surface area (Å²) >= 11 is 0. The highest BCUT2D eigenvalue weighted by Gasteiger charge is 2.31. The van der Waals surface area contributed by atoms with Crippen LogP contribution in [0.15, 0.2) is 72.6 Å². The lowest BCUT2D eigenvalue weighted by Crippen LogP contribution is -2.35. The Hall–Kier alpha value is -4.32. The summed E-state index contributed by atoms with van der Waals surface area (Å²) in [4.78, 5) is 27.4. The van der Waals surface area contributed by atoms with Crippen molar-refractivity contribution in [2.24, 2.45) is 0 Å². The lowest BCUT2D eigenvalue weighted by molar-refractivity contribution is -0.385. The van der Waals surface area contributed by atoms with Gasteiger partial charge in [0.2, 0.25) is 6.29 Å². The van der Waals surface area contributed by atoms with Crippen LogP contribution in [0.2, 0.25) is 0 Å².